The van der Waals surface area contributed by atoms with Crippen molar-refractivity contribution in [2.24, 2.45) is 5.84 Å². The maximum absolute atomic E-state index is 11.6. The Hall–Kier alpha value is -2.60. The molecule has 0 bridgehead atoms. The van der Waals surface area contributed by atoms with Gasteiger partial charge >= 0.3 is 0 Å². The second-order valence-corrected chi connectivity index (χ2v) is 3.70. The van der Waals surface area contributed by atoms with E-state index in [1.807, 2.05) is 24.3 Å². The van der Waals surface area contributed by atoms with E-state index in [-0.39, 0.29) is 0 Å². The molecule has 0 saturated carbocycles. The minimum absolute atomic E-state index is 0.357. The maximum atomic E-state index is 11.6. The number of carbonyl (C=O) groups excluding carboxylic acids is 1. The standard InChI is InChI=1S/C13H14N4O2/c1-19-11-7-3-2-6-10(11)16-12-9(13(18)17-14)5-4-8-15-12/h2-8H,14H2,1H3,(H,15,16)(H,17,18). The molecule has 98 valence electrons. The zero-order valence-electron chi connectivity index (χ0n) is 10.4. The van der Waals surface area contributed by atoms with Gasteiger partial charge in [0.05, 0.1) is 18.4 Å². The Kier molecular flexibility index (Phi) is 3.94. The molecule has 1 amide bonds. The van der Waals surface area contributed by atoms with Crippen LogP contribution in [-0.4, -0.2) is 18.0 Å². The summed E-state index contributed by atoms with van der Waals surface area (Å²) in [5.41, 5.74) is 3.16. The Morgan fingerprint density at radius 2 is 2.05 bits per heavy atom. The van der Waals surface area contributed by atoms with Crippen molar-refractivity contribution < 1.29 is 9.53 Å². The van der Waals surface area contributed by atoms with Crippen LogP contribution in [0.4, 0.5) is 11.5 Å². The number of rotatable bonds is 4. The lowest BCUT2D eigenvalue weighted by Crippen LogP contribution is -2.30. The van der Waals surface area contributed by atoms with Crippen LogP contribution in [0.15, 0.2) is 42.6 Å². The van der Waals surface area contributed by atoms with Crippen molar-refractivity contribution in [1.82, 2.24) is 10.4 Å². The summed E-state index contributed by atoms with van der Waals surface area (Å²) in [6.45, 7) is 0. The van der Waals surface area contributed by atoms with Crippen molar-refractivity contribution in [3.8, 4) is 5.75 Å². The first-order valence-electron chi connectivity index (χ1n) is 5.62. The molecule has 0 fully saturated rings. The molecule has 0 aliphatic rings. The average Bonchev–Trinajstić information content (AvgIpc) is 2.47. The number of para-hydroxylation sites is 2. The third-order valence-corrected chi connectivity index (χ3v) is 2.54. The molecule has 6 heteroatoms. The molecule has 0 spiro atoms. The number of aromatic nitrogens is 1. The van der Waals surface area contributed by atoms with E-state index in [0.717, 1.165) is 5.69 Å². The molecule has 1 aromatic heterocycles. The number of methoxy groups -OCH3 is 1. The first kappa shape index (κ1) is 12.8. The number of nitrogens with one attached hydrogen (secondary N) is 2. The zero-order valence-corrected chi connectivity index (χ0v) is 10.4. The lowest BCUT2D eigenvalue weighted by Gasteiger charge is -2.12. The summed E-state index contributed by atoms with van der Waals surface area (Å²) in [5.74, 6) is 5.80. The van der Waals surface area contributed by atoms with Crippen LogP contribution in [0.5, 0.6) is 5.75 Å². The van der Waals surface area contributed by atoms with Crippen molar-refractivity contribution in [3.05, 3.63) is 48.2 Å². The summed E-state index contributed by atoms with van der Waals surface area (Å²) in [6.07, 6.45) is 1.59. The maximum Gasteiger partial charge on any atom is 0.268 e. The topological polar surface area (TPSA) is 89.3 Å². The number of benzene rings is 1. The molecule has 0 unspecified atom stereocenters. The minimum atomic E-state index is -0.412. The first-order valence-corrected chi connectivity index (χ1v) is 5.62. The quantitative estimate of drug-likeness (QED) is 0.438. The summed E-state index contributed by atoms with van der Waals surface area (Å²) in [5, 5.41) is 3.05. The summed E-state index contributed by atoms with van der Waals surface area (Å²) in [6, 6.07) is 10.7. The number of carbonyl (C=O) groups is 1. The Balaban J connectivity index is 2.36. The Morgan fingerprint density at radius 3 is 2.79 bits per heavy atom. The summed E-state index contributed by atoms with van der Waals surface area (Å²) in [7, 11) is 1.58. The van der Waals surface area contributed by atoms with Gasteiger partial charge in [0, 0.05) is 6.20 Å². The van der Waals surface area contributed by atoms with E-state index in [4.69, 9.17) is 10.6 Å². The Labute approximate surface area is 110 Å². The highest BCUT2D eigenvalue weighted by Crippen LogP contribution is 2.27. The second kappa shape index (κ2) is 5.83. The van der Waals surface area contributed by atoms with E-state index in [2.05, 4.69) is 15.7 Å². The highest BCUT2D eigenvalue weighted by atomic mass is 16.5. The number of hydrogen-bond acceptors (Lipinski definition) is 5. The molecule has 2 aromatic rings. The van der Waals surface area contributed by atoms with E-state index in [0.29, 0.717) is 17.1 Å². The lowest BCUT2D eigenvalue weighted by molar-refractivity contribution is 0.0954. The van der Waals surface area contributed by atoms with Crippen molar-refractivity contribution >= 4 is 17.4 Å². The van der Waals surface area contributed by atoms with Crippen molar-refractivity contribution in [3.63, 3.8) is 0 Å². The van der Waals surface area contributed by atoms with Crippen molar-refractivity contribution in [1.29, 1.82) is 0 Å². The van der Waals surface area contributed by atoms with Gasteiger partial charge in [0.25, 0.3) is 5.91 Å². The number of amides is 1. The first-order chi connectivity index (χ1) is 9.26. The van der Waals surface area contributed by atoms with Crippen molar-refractivity contribution in [2.75, 3.05) is 12.4 Å². The van der Waals surface area contributed by atoms with Gasteiger partial charge in [-0.15, -0.1) is 0 Å². The van der Waals surface area contributed by atoms with Gasteiger partial charge in [-0.3, -0.25) is 10.2 Å². The number of pyridine rings is 1. The molecule has 1 heterocycles. The molecular formula is C13H14N4O2. The lowest BCUT2D eigenvalue weighted by atomic mass is 10.2. The normalized spacial score (nSPS) is 9.79. The number of hydrogen-bond donors (Lipinski definition) is 3. The smallest absolute Gasteiger partial charge is 0.268 e. The van der Waals surface area contributed by atoms with Gasteiger partial charge in [0.1, 0.15) is 11.6 Å². The second-order valence-electron chi connectivity index (χ2n) is 3.70. The van der Waals surface area contributed by atoms with E-state index < -0.39 is 5.91 Å². The predicted octanol–water partition coefficient (Wildman–Crippen LogP) is 1.44. The molecule has 0 atom stereocenters. The molecule has 0 radical (unpaired) electrons. The van der Waals surface area contributed by atoms with Gasteiger partial charge in [-0.25, -0.2) is 10.8 Å². The van der Waals surface area contributed by atoms with Gasteiger partial charge in [-0.2, -0.15) is 0 Å². The van der Waals surface area contributed by atoms with Gasteiger partial charge < -0.3 is 10.1 Å². The molecule has 0 aliphatic carbocycles. The van der Waals surface area contributed by atoms with E-state index >= 15 is 0 Å². The molecule has 6 nitrogen and oxygen atoms in total. The molecule has 4 N–H and O–H groups in total. The number of ether oxygens (including phenoxy) is 1. The predicted molar refractivity (Wildman–Crippen MR) is 72.2 cm³/mol. The van der Waals surface area contributed by atoms with Gasteiger partial charge in [-0.05, 0) is 24.3 Å². The number of nitrogens with zero attached hydrogens (tertiary/aromatic N) is 1. The van der Waals surface area contributed by atoms with E-state index in [1.165, 1.54) is 0 Å². The molecule has 2 rings (SSSR count). The molecular weight excluding hydrogens is 244 g/mol. The molecule has 1 aromatic carbocycles. The zero-order chi connectivity index (χ0) is 13.7. The largest absolute Gasteiger partial charge is 0.495 e. The number of nitrogen functional groups attached to an aromatic ring is 1. The van der Waals surface area contributed by atoms with Crippen LogP contribution in [0, 0.1) is 0 Å². The summed E-state index contributed by atoms with van der Waals surface area (Å²) in [4.78, 5) is 15.8. The van der Waals surface area contributed by atoms with Crippen LogP contribution in [0.3, 0.4) is 0 Å². The monoisotopic (exact) mass is 258 g/mol. The van der Waals surface area contributed by atoms with E-state index in [1.54, 1.807) is 25.4 Å². The van der Waals surface area contributed by atoms with Crippen LogP contribution >= 0.6 is 0 Å². The number of hydrazine groups is 1. The van der Waals surface area contributed by atoms with Crippen LogP contribution < -0.4 is 21.3 Å². The molecule has 0 saturated heterocycles. The number of nitrogens with two attached hydrogens (primary N) is 1. The Bertz CT molecular complexity index is 586. The van der Waals surface area contributed by atoms with Gasteiger partial charge in [0.2, 0.25) is 0 Å². The minimum Gasteiger partial charge on any atom is -0.495 e. The van der Waals surface area contributed by atoms with Gasteiger partial charge in [0.15, 0.2) is 0 Å². The molecule has 0 aliphatic heterocycles. The highest BCUT2D eigenvalue weighted by molar-refractivity contribution is 5.99. The fourth-order valence-electron chi connectivity index (χ4n) is 1.64. The van der Waals surface area contributed by atoms with E-state index in [9.17, 15) is 4.79 Å². The average molecular weight is 258 g/mol. The van der Waals surface area contributed by atoms with Crippen LogP contribution in [0.25, 0.3) is 0 Å². The fourth-order valence-corrected chi connectivity index (χ4v) is 1.64. The third-order valence-electron chi connectivity index (χ3n) is 2.54. The van der Waals surface area contributed by atoms with Crippen LogP contribution in [0.1, 0.15) is 10.4 Å². The SMILES string of the molecule is COc1ccccc1Nc1ncccc1C(=O)NN. The van der Waals surface area contributed by atoms with Gasteiger partial charge in [-0.1, -0.05) is 12.1 Å². The van der Waals surface area contributed by atoms with Crippen LogP contribution in [0.2, 0.25) is 0 Å². The van der Waals surface area contributed by atoms with Crippen molar-refractivity contribution in [2.45, 2.75) is 0 Å². The number of anilines is 2. The highest BCUT2D eigenvalue weighted by Gasteiger charge is 2.12. The summed E-state index contributed by atoms with van der Waals surface area (Å²) >= 11 is 0. The Morgan fingerprint density at radius 1 is 1.26 bits per heavy atom. The fraction of sp³-hybridized carbons (Fsp3) is 0.0769. The van der Waals surface area contributed by atoms with Crippen LogP contribution in [-0.2, 0) is 0 Å². The molecule has 19 heavy (non-hydrogen) atoms. The third kappa shape index (κ3) is 2.80. The summed E-state index contributed by atoms with van der Waals surface area (Å²) < 4.78 is 5.23.